The first kappa shape index (κ1) is 20.3. The summed E-state index contributed by atoms with van der Waals surface area (Å²) < 4.78 is 1.47. The van der Waals surface area contributed by atoms with Crippen molar-refractivity contribution in [2.24, 2.45) is 11.7 Å². The number of hydrogen-bond acceptors (Lipinski definition) is 5. The molecule has 1 fully saturated rings. The van der Waals surface area contributed by atoms with Crippen molar-refractivity contribution in [3.8, 4) is 5.69 Å². The molecule has 0 spiro atoms. The van der Waals surface area contributed by atoms with E-state index in [0.717, 1.165) is 0 Å². The summed E-state index contributed by atoms with van der Waals surface area (Å²) >= 11 is 6.16. The summed E-state index contributed by atoms with van der Waals surface area (Å²) in [6, 6.07) is 15.3. The Morgan fingerprint density at radius 1 is 1.18 bits per heavy atom. The molecule has 28 heavy (non-hydrogen) atoms. The fraction of sp³-hybridized carbons (Fsp3) is 0.263. The molecule has 1 amide bonds. The van der Waals surface area contributed by atoms with Gasteiger partial charge in [0.05, 0.1) is 11.3 Å². The zero-order valence-electron chi connectivity index (χ0n) is 15.0. The number of aromatic nitrogens is 4. The minimum absolute atomic E-state index is 0. The van der Waals surface area contributed by atoms with Gasteiger partial charge in [0, 0.05) is 24.0 Å². The van der Waals surface area contributed by atoms with Crippen LogP contribution in [0.3, 0.4) is 0 Å². The Bertz CT molecular complexity index is 935. The number of tetrazole rings is 1. The van der Waals surface area contributed by atoms with Crippen LogP contribution in [0.4, 0.5) is 0 Å². The molecule has 2 atom stereocenters. The molecule has 0 bridgehead atoms. The number of carbonyl (C=O) groups excluding carboxylic acids is 1. The number of halogens is 2. The zero-order chi connectivity index (χ0) is 18.8. The van der Waals surface area contributed by atoms with Crippen LogP contribution in [0.15, 0.2) is 54.9 Å². The molecular formula is C19H20Cl2N6O. The van der Waals surface area contributed by atoms with Crippen molar-refractivity contribution < 1.29 is 4.79 Å². The third kappa shape index (κ3) is 3.87. The Labute approximate surface area is 173 Å². The Morgan fingerprint density at radius 3 is 2.64 bits per heavy atom. The minimum atomic E-state index is -0.0973. The second-order valence-electron chi connectivity index (χ2n) is 6.64. The number of benzene rings is 2. The number of carbonyl (C=O) groups is 1. The molecule has 9 heteroatoms. The smallest absolute Gasteiger partial charge is 0.256 e. The van der Waals surface area contributed by atoms with Gasteiger partial charge in [-0.1, -0.05) is 41.9 Å². The van der Waals surface area contributed by atoms with Crippen LogP contribution < -0.4 is 5.73 Å². The van der Waals surface area contributed by atoms with Gasteiger partial charge >= 0.3 is 0 Å². The van der Waals surface area contributed by atoms with Crippen LogP contribution in [-0.4, -0.2) is 50.6 Å². The first-order chi connectivity index (χ1) is 13.2. The summed E-state index contributed by atoms with van der Waals surface area (Å²) in [6.45, 7) is 1.75. The number of likely N-dealkylation sites (tertiary alicyclic amines) is 1. The first-order valence-corrected chi connectivity index (χ1v) is 9.12. The van der Waals surface area contributed by atoms with Gasteiger partial charge in [0.25, 0.3) is 5.91 Å². The third-order valence-corrected chi connectivity index (χ3v) is 5.28. The Kier molecular flexibility index (Phi) is 6.28. The molecule has 1 saturated heterocycles. The van der Waals surface area contributed by atoms with E-state index in [-0.39, 0.29) is 30.2 Å². The molecule has 3 aromatic rings. The quantitative estimate of drug-likeness (QED) is 0.702. The second-order valence-corrected chi connectivity index (χ2v) is 7.08. The summed E-state index contributed by atoms with van der Waals surface area (Å²) in [6.07, 6.45) is 1.46. The summed E-state index contributed by atoms with van der Waals surface area (Å²) in [4.78, 5) is 15.1. The van der Waals surface area contributed by atoms with Gasteiger partial charge in [-0.2, -0.15) is 4.68 Å². The normalized spacial score (nSPS) is 18.7. The van der Waals surface area contributed by atoms with Crippen LogP contribution in [0, 0.1) is 5.92 Å². The molecule has 1 aliphatic heterocycles. The highest BCUT2D eigenvalue weighted by Gasteiger charge is 2.36. The van der Waals surface area contributed by atoms with E-state index in [2.05, 4.69) is 27.7 Å². The Balaban J connectivity index is 0.00000225. The van der Waals surface area contributed by atoms with E-state index in [1.54, 1.807) is 18.2 Å². The van der Waals surface area contributed by atoms with Gasteiger partial charge in [0.2, 0.25) is 0 Å². The number of nitrogens with two attached hydrogens (primary N) is 1. The number of rotatable bonds is 4. The van der Waals surface area contributed by atoms with Crippen LogP contribution in [0.2, 0.25) is 5.02 Å². The average molecular weight is 419 g/mol. The topological polar surface area (TPSA) is 89.9 Å². The lowest BCUT2D eigenvalue weighted by Gasteiger charge is -2.18. The van der Waals surface area contributed by atoms with Crippen molar-refractivity contribution in [2.75, 3.05) is 19.6 Å². The zero-order valence-corrected chi connectivity index (χ0v) is 16.6. The van der Waals surface area contributed by atoms with Gasteiger partial charge in [0.1, 0.15) is 6.33 Å². The summed E-state index contributed by atoms with van der Waals surface area (Å²) in [5.74, 6) is 0.336. The molecule has 2 aromatic carbocycles. The van der Waals surface area contributed by atoms with Crippen LogP contribution in [0.1, 0.15) is 21.8 Å². The standard InChI is InChI=1S/C19H19ClN6O.ClH/c20-15-6-7-18(26-12-22-23-24-26)16(8-15)19(27)25-10-14(9-21)17(11-25)13-4-2-1-3-5-13;/h1-8,12,14,17H,9-11,21H2;1H/t14-,17+;/m1./s1. The molecule has 0 saturated carbocycles. The van der Waals surface area contributed by atoms with E-state index in [9.17, 15) is 4.79 Å². The van der Waals surface area contributed by atoms with Gasteiger partial charge in [-0.15, -0.1) is 17.5 Å². The highest BCUT2D eigenvalue weighted by atomic mass is 35.5. The first-order valence-electron chi connectivity index (χ1n) is 8.74. The van der Waals surface area contributed by atoms with E-state index in [4.69, 9.17) is 17.3 Å². The van der Waals surface area contributed by atoms with Crippen LogP contribution >= 0.6 is 24.0 Å². The van der Waals surface area contributed by atoms with Crippen molar-refractivity contribution in [2.45, 2.75) is 5.92 Å². The Morgan fingerprint density at radius 2 is 1.96 bits per heavy atom. The highest BCUT2D eigenvalue weighted by molar-refractivity contribution is 6.31. The van der Waals surface area contributed by atoms with Crippen LogP contribution in [-0.2, 0) is 0 Å². The number of hydrogen-bond donors (Lipinski definition) is 1. The maximum Gasteiger partial charge on any atom is 0.256 e. The highest BCUT2D eigenvalue weighted by Crippen LogP contribution is 2.33. The molecule has 4 rings (SSSR count). The SMILES string of the molecule is Cl.NC[C@@H]1CN(C(=O)c2cc(Cl)ccc2-n2cnnn2)C[C@H]1c1ccccc1. The van der Waals surface area contributed by atoms with E-state index >= 15 is 0 Å². The van der Waals surface area contributed by atoms with Crippen molar-refractivity contribution in [1.29, 1.82) is 0 Å². The molecule has 146 valence electrons. The van der Waals surface area contributed by atoms with Crippen molar-refractivity contribution in [3.63, 3.8) is 0 Å². The minimum Gasteiger partial charge on any atom is -0.338 e. The van der Waals surface area contributed by atoms with E-state index in [0.29, 0.717) is 35.9 Å². The van der Waals surface area contributed by atoms with Crippen LogP contribution in [0.25, 0.3) is 5.69 Å². The molecule has 2 N–H and O–H groups in total. The molecule has 7 nitrogen and oxygen atoms in total. The van der Waals surface area contributed by atoms with Gasteiger partial charge < -0.3 is 10.6 Å². The van der Waals surface area contributed by atoms with E-state index in [1.807, 2.05) is 23.1 Å². The lowest BCUT2D eigenvalue weighted by Crippen LogP contribution is -2.30. The lowest BCUT2D eigenvalue weighted by molar-refractivity contribution is 0.0786. The largest absolute Gasteiger partial charge is 0.338 e. The van der Waals surface area contributed by atoms with E-state index in [1.165, 1.54) is 16.6 Å². The molecule has 0 aliphatic carbocycles. The predicted molar refractivity (Wildman–Crippen MR) is 109 cm³/mol. The maximum atomic E-state index is 13.3. The molecule has 1 aromatic heterocycles. The third-order valence-electron chi connectivity index (χ3n) is 5.04. The molecule has 2 heterocycles. The summed E-state index contributed by atoms with van der Waals surface area (Å²) in [5, 5.41) is 11.7. The van der Waals surface area contributed by atoms with Crippen molar-refractivity contribution in [3.05, 3.63) is 71.0 Å². The Hall–Kier alpha value is -2.48. The second kappa shape index (κ2) is 8.68. The lowest BCUT2D eigenvalue weighted by atomic mass is 9.89. The van der Waals surface area contributed by atoms with Gasteiger partial charge in [-0.25, -0.2) is 0 Å². The molecular weight excluding hydrogens is 399 g/mol. The maximum absolute atomic E-state index is 13.3. The van der Waals surface area contributed by atoms with E-state index < -0.39 is 0 Å². The molecule has 0 radical (unpaired) electrons. The summed E-state index contributed by atoms with van der Waals surface area (Å²) in [7, 11) is 0. The molecule has 0 unspecified atom stereocenters. The number of nitrogens with zero attached hydrogens (tertiary/aromatic N) is 5. The average Bonchev–Trinajstić information content (AvgIpc) is 3.38. The van der Waals surface area contributed by atoms with Gasteiger partial charge in [-0.05, 0) is 46.7 Å². The number of amides is 1. The van der Waals surface area contributed by atoms with Gasteiger partial charge in [-0.3, -0.25) is 4.79 Å². The fourth-order valence-electron chi connectivity index (χ4n) is 3.68. The monoisotopic (exact) mass is 418 g/mol. The van der Waals surface area contributed by atoms with Crippen LogP contribution in [0.5, 0.6) is 0 Å². The molecule has 1 aliphatic rings. The van der Waals surface area contributed by atoms with Crippen molar-refractivity contribution in [1.82, 2.24) is 25.1 Å². The van der Waals surface area contributed by atoms with Gasteiger partial charge in [0.15, 0.2) is 0 Å². The summed E-state index contributed by atoms with van der Waals surface area (Å²) in [5.41, 5.74) is 8.28. The fourth-order valence-corrected chi connectivity index (χ4v) is 3.85. The van der Waals surface area contributed by atoms with Crippen molar-refractivity contribution >= 4 is 29.9 Å². The predicted octanol–water partition coefficient (Wildman–Crippen LogP) is 2.55.